The molecule has 0 saturated carbocycles. The topological polar surface area (TPSA) is 206 Å². The number of anilines is 2. The van der Waals surface area contributed by atoms with E-state index in [4.69, 9.17) is 11.6 Å². The molecule has 0 radical (unpaired) electrons. The van der Waals surface area contributed by atoms with Crippen LogP contribution in [0.1, 0.15) is 94.6 Å². The van der Waals surface area contributed by atoms with Gasteiger partial charge in [-0.1, -0.05) is 67.4 Å². The highest BCUT2D eigenvalue weighted by atomic mass is 35.5. The Bertz CT molecular complexity index is 3690. The van der Waals surface area contributed by atoms with Crippen molar-refractivity contribution in [2.45, 2.75) is 91.2 Å². The highest BCUT2D eigenvalue weighted by molar-refractivity contribution is 7.99. The normalized spacial score (nSPS) is 19.6. The van der Waals surface area contributed by atoms with Crippen molar-refractivity contribution in [1.82, 2.24) is 29.6 Å². The summed E-state index contributed by atoms with van der Waals surface area (Å²) in [5.41, 5.74) is -1.86. The van der Waals surface area contributed by atoms with Gasteiger partial charge in [0.1, 0.15) is 16.8 Å². The van der Waals surface area contributed by atoms with Gasteiger partial charge in [-0.15, -0.1) is 11.8 Å². The van der Waals surface area contributed by atoms with Crippen LogP contribution in [0.3, 0.4) is 0 Å². The Balaban J connectivity index is 0.774. The van der Waals surface area contributed by atoms with Crippen molar-refractivity contribution in [2.75, 3.05) is 81.4 Å². The molecular weight excluding hydrogens is 1200 g/mol. The zero-order valence-electron chi connectivity index (χ0n) is 47.3. The number of hydrogen-bond donors (Lipinski definition) is 3. The molecule has 1 unspecified atom stereocenters. The van der Waals surface area contributed by atoms with Gasteiger partial charge in [0.05, 0.1) is 21.7 Å². The van der Waals surface area contributed by atoms with Gasteiger partial charge in [-0.2, -0.15) is 13.2 Å². The maximum Gasteiger partial charge on any atom is 0.501 e. The molecule has 5 amide bonds. The Kier molecular flexibility index (Phi) is 18.6. The van der Waals surface area contributed by atoms with Crippen molar-refractivity contribution >= 4 is 89.7 Å². The lowest BCUT2D eigenvalue weighted by molar-refractivity contribution is -0.136. The predicted molar refractivity (Wildman–Crippen MR) is 319 cm³/mol. The fraction of sp³-hybridized carbons (Fsp3) is 0.393. The van der Waals surface area contributed by atoms with E-state index in [0.717, 1.165) is 61.6 Å². The Hall–Kier alpha value is -6.67. The lowest BCUT2D eigenvalue weighted by atomic mass is 9.73. The van der Waals surface area contributed by atoms with E-state index in [1.807, 2.05) is 52.1 Å². The SMILES string of the molecule is CC1(C)CCC(c2ccc(Cl)cc2)=C(CN2CCN(c3ccc(C(=O)NS(=O)(=O)c4ccc(N[C@H](CCN5CCN(Cc6ccc7c(c6F)C(=O)N(C6CCC(=O)NC6=O)C7=O)CC5)CSc5ccccc5)c(S(=O)(=O)C(F)(F)F)c4)cc3)CC2)C1. The Morgan fingerprint density at radius 3 is 2.13 bits per heavy atom. The lowest BCUT2D eigenvalue weighted by Crippen LogP contribution is -2.54. The highest BCUT2D eigenvalue weighted by Crippen LogP contribution is 2.43. The zero-order chi connectivity index (χ0) is 61.3. The van der Waals surface area contributed by atoms with Gasteiger partial charge in [0.15, 0.2) is 0 Å². The Labute approximate surface area is 506 Å². The number of fused-ring (bicyclic) bond motifs is 1. The van der Waals surface area contributed by atoms with E-state index in [0.29, 0.717) is 61.8 Å². The number of piperidine rings is 1. The highest BCUT2D eigenvalue weighted by Gasteiger charge is 2.49. The summed E-state index contributed by atoms with van der Waals surface area (Å²) >= 11 is 7.58. The molecule has 2 atom stereocenters. The van der Waals surface area contributed by atoms with Crippen molar-refractivity contribution in [3.05, 3.63) is 153 Å². The second kappa shape index (κ2) is 25.6. The van der Waals surface area contributed by atoms with Crippen LogP contribution in [0.15, 0.2) is 129 Å². The van der Waals surface area contributed by atoms with Crippen LogP contribution in [0.5, 0.6) is 0 Å². The molecule has 0 spiro atoms. The third kappa shape index (κ3) is 14.0. The number of imide groups is 2. The standard InChI is InChI=1S/C61H65ClF4N8O9S3/c1-60(2)24-22-48(39-8-13-43(62)14-9-39)42(35-60)37-72-30-32-73(33-31-72)45-15-10-40(11-16-45)56(76)69-86(82,83)47-17-19-50(52(34-47)85(80,81)61(64,65)66)67-44(38-84-46-6-4-3-5-7-46)23-25-70-26-28-71(29-27-70)36-41-12-18-49-54(55(41)63)59(79)74(58(49)78)51-20-21-53(75)68-57(51)77/h3-19,34,44,51,67H,20-33,35-38H2,1-2H3,(H,69,76)(H,68,75,77)/t44-,51?/m1/s1. The molecule has 456 valence electrons. The number of benzene rings is 5. The molecule has 5 aromatic rings. The Morgan fingerprint density at radius 2 is 1.45 bits per heavy atom. The number of nitrogens with one attached hydrogen (secondary N) is 3. The van der Waals surface area contributed by atoms with E-state index in [1.165, 1.54) is 52.7 Å². The summed E-state index contributed by atoms with van der Waals surface area (Å²) in [6.07, 6.45) is 3.19. The summed E-state index contributed by atoms with van der Waals surface area (Å²) in [5.74, 6) is -4.85. The van der Waals surface area contributed by atoms with Crippen LogP contribution in [0.2, 0.25) is 5.02 Å². The number of carbonyl (C=O) groups excluding carboxylic acids is 5. The fourth-order valence-corrected chi connectivity index (χ4v) is 14.9. The van der Waals surface area contributed by atoms with Crippen molar-refractivity contribution in [3.63, 3.8) is 0 Å². The molecule has 3 fully saturated rings. The molecule has 0 aromatic heterocycles. The molecule has 86 heavy (non-hydrogen) atoms. The maximum atomic E-state index is 16.1. The summed E-state index contributed by atoms with van der Waals surface area (Å²) in [6.45, 7) is 10.6. The van der Waals surface area contributed by atoms with E-state index in [1.54, 1.807) is 12.1 Å². The summed E-state index contributed by atoms with van der Waals surface area (Å²) in [6, 6.07) is 26.6. The van der Waals surface area contributed by atoms with Gasteiger partial charge in [0, 0.05) is 117 Å². The van der Waals surface area contributed by atoms with Crippen LogP contribution >= 0.6 is 23.4 Å². The minimum absolute atomic E-state index is 0.0508. The summed E-state index contributed by atoms with van der Waals surface area (Å²) < 4.78 is 116. The van der Waals surface area contributed by atoms with Gasteiger partial charge < -0.3 is 15.1 Å². The number of alkyl halides is 3. The first-order valence-electron chi connectivity index (χ1n) is 28.3. The quantitative estimate of drug-likeness (QED) is 0.0401. The Morgan fingerprint density at radius 1 is 0.791 bits per heavy atom. The molecule has 10 rings (SSSR count). The van der Waals surface area contributed by atoms with Gasteiger partial charge in [-0.25, -0.2) is 25.9 Å². The van der Waals surface area contributed by atoms with E-state index in [2.05, 4.69) is 51.3 Å². The summed E-state index contributed by atoms with van der Waals surface area (Å²) in [4.78, 5) is 72.4. The minimum Gasteiger partial charge on any atom is -0.380 e. The first-order valence-corrected chi connectivity index (χ1v) is 32.7. The lowest BCUT2D eigenvalue weighted by Gasteiger charge is -2.39. The van der Waals surface area contributed by atoms with Crippen molar-refractivity contribution < 1.29 is 58.4 Å². The van der Waals surface area contributed by atoms with Crippen LogP contribution in [-0.4, -0.2) is 155 Å². The minimum atomic E-state index is -6.19. The third-order valence-electron chi connectivity index (χ3n) is 16.6. The molecule has 5 aromatic carbocycles. The van der Waals surface area contributed by atoms with Gasteiger partial charge in [-0.05, 0) is 121 Å². The number of piperazine rings is 2. The largest absolute Gasteiger partial charge is 0.501 e. The summed E-state index contributed by atoms with van der Waals surface area (Å²) in [7, 11) is -11.1. The molecule has 0 bridgehead atoms. The van der Waals surface area contributed by atoms with Crippen molar-refractivity contribution in [3.8, 4) is 0 Å². The monoisotopic (exact) mass is 1260 g/mol. The maximum absolute atomic E-state index is 16.1. The number of halogens is 5. The third-order valence-corrected chi connectivity index (χ3v) is 20.8. The van der Waals surface area contributed by atoms with Crippen LogP contribution in [-0.2, 0) is 36.0 Å². The molecule has 3 saturated heterocycles. The van der Waals surface area contributed by atoms with Crippen LogP contribution in [0.25, 0.3) is 5.57 Å². The van der Waals surface area contributed by atoms with Gasteiger partial charge >= 0.3 is 5.51 Å². The molecule has 4 aliphatic heterocycles. The molecule has 4 heterocycles. The van der Waals surface area contributed by atoms with Gasteiger partial charge in [0.25, 0.3) is 37.6 Å². The average Bonchev–Trinajstić information content (AvgIpc) is 1.83. The van der Waals surface area contributed by atoms with Crippen molar-refractivity contribution in [2.24, 2.45) is 5.41 Å². The van der Waals surface area contributed by atoms with E-state index in [-0.39, 0.29) is 53.7 Å². The zero-order valence-corrected chi connectivity index (χ0v) is 50.5. The number of carbonyl (C=O) groups is 5. The van der Waals surface area contributed by atoms with Crippen LogP contribution in [0.4, 0.5) is 28.9 Å². The van der Waals surface area contributed by atoms with E-state index < -0.39 is 93.8 Å². The molecule has 5 aliphatic rings. The van der Waals surface area contributed by atoms with Gasteiger partial charge in [0.2, 0.25) is 11.8 Å². The van der Waals surface area contributed by atoms with Gasteiger partial charge in [-0.3, -0.25) is 44.0 Å². The molecule has 3 N–H and O–H groups in total. The van der Waals surface area contributed by atoms with E-state index in [9.17, 15) is 54.0 Å². The number of rotatable bonds is 19. The predicted octanol–water partition coefficient (Wildman–Crippen LogP) is 8.86. The second-order valence-corrected chi connectivity index (χ2v) is 28.2. The first kappa shape index (κ1) is 62.4. The number of hydrogen-bond acceptors (Lipinski definition) is 15. The van der Waals surface area contributed by atoms with Crippen molar-refractivity contribution in [1.29, 1.82) is 0 Å². The number of nitrogens with zero attached hydrogens (tertiary/aromatic N) is 5. The number of thioether (sulfide) groups is 1. The summed E-state index contributed by atoms with van der Waals surface area (Å²) in [5, 5.41) is 5.80. The molecular formula is C61H65ClF4N8O9S3. The smallest absolute Gasteiger partial charge is 0.380 e. The number of sulfonamides is 1. The molecule has 25 heteroatoms. The number of sulfone groups is 1. The molecule has 1 aliphatic carbocycles. The molecule has 17 nitrogen and oxygen atoms in total. The number of allylic oxidation sites excluding steroid dienone is 1. The van der Waals surface area contributed by atoms with E-state index >= 15 is 4.39 Å². The second-order valence-electron chi connectivity index (χ2n) is 23.1. The van der Waals surface area contributed by atoms with Crippen LogP contribution in [0, 0.1) is 11.2 Å². The first-order chi connectivity index (χ1) is 40.8. The fourth-order valence-electron chi connectivity index (χ4n) is 11.8. The average molecular weight is 1260 g/mol. The number of amides is 5. The van der Waals surface area contributed by atoms with Crippen LogP contribution < -0.4 is 20.3 Å².